The summed E-state index contributed by atoms with van der Waals surface area (Å²) >= 11 is 0. The lowest BCUT2D eigenvalue weighted by molar-refractivity contribution is -0.129. The van der Waals surface area contributed by atoms with E-state index in [4.69, 9.17) is 5.73 Å². The third-order valence-corrected chi connectivity index (χ3v) is 3.65. The highest BCUT2D eigenvalue weighted by atomic mass is 16.2. The summed E-state index contributed by atoms with van der Waals surface area (Å²) in [6.07, 6.45) is 1.58. The maximum absolute atomic E-state index is 12.0. The van der Waals surface area contributed by atoms with Crippen molar-refractivity contribution >= 4 is 5.91 Å². The second kappa shape index (κ2) is 6.71. The molecule has 0 heterocycles. The van der Waals surface area contributed by atoms with E-state index in [-0.39, 0.29) is 11.3 Å². The Morgan fingerprint density at radius 2 is 1.95 bits per heavy atom. The predicted octanol–water partition coefficient (Wildman–Crippen LogP) is 2.34. The Morgan fingerprint density at radius 3 is 2.53 bits per heavy atom. The minimum Gasteiger partial charge on any atom is -0.355 e. The van der Waals surface area contributed by atoms with Crippen LogP contribution in [0.5, 0.6) is 0 Å². The van der Waals surface area contributed by atoms with E-state index in [0.717, 1.165) is 6.42 Å². The van der Waals surface area contributed by atoms with Crippen LogP contribution in [0, 0.1) is 19.3 Å². The number of aryl methyl sites for hydroxylation is 2. The molecule has 3 N–H and O–H groups in total. The van der Waals surface area contributed by atoms with E-state index in [1.807, 2.05) is 13.8 Å². The van der Waals surface area contributed by atoms with E-state index in [1.54, 1.807) is 0 Å². The summed E-state index contributed by atoms with van der Waals surface area (Å²) in [6, 6.07) is 6.44. The van der Waals surface area contributed by atoms with Crippen molar-refractivity contribution in [2.45, 2.75) is 40.5 Å². The fourth-order valence-corrected chi connectivity index (χ4v) is 1.99. The molecule has 0 radical (unpaired) electrons. The van der Waals surface area contributed by atoms with Crippen LogP contribution in [0.25, 0.3) is 0 Å². The molecule has 0 saturated carbocycles. The van der Waals surface area contributed by atoms with Gasteiger partial charge in [0.15, 0.2) is 0 Å². The van der Waals surface area contributed by atoms with E-state index >= 15 is 0 Å². The van der Waals surface area contributed by atoms with Gasteiger partial charge in [0.25, 0.3) is 0 Å². The van der Waals surface area contributed by atoms with E-state index in [1.165, 1.54) is 16.7 Å². The molecule has 0 aliphatic carbocycles. The average Bonchev–Trinajstić information content (AvgIpc) is 2.33. The molecule has 0 aliphatic heterocycles. The van der Waals surface area contributed by atoms with Gasteiger partial charge in [0.2, 0.25) is 5.91 Å². The van der Waals surface area contributed by atoms with Crippen molar-refractivity contribution in [3.8, 4) is 0 Å². The summed E-state index contributed by atoms with van der Waals surface area (Å²) in [7, 11) is 0. The molecule has 0 spiro atoms. The number of carbonyl (C=O) groups excluding carboxylic acids is 1. The molecule has 0 bridgehead atoms. The first-order valence-electron chi connectivity index (χ1n) is 6.91. The van der Waals surface area contributed by atoms with E-state index in [0.29, 0.717) is 19.5 Å². The molecule has 0 fully saturated rings. The van der Waals surface area contributed by atoms with Gasteiger partial charge < -0.3 is 11.1 Å². The Labute approximate surface area is 116 Å². The first kappa shape index (κ1) is 15.7. The molecule has 0 saturated heterocycles. The Morgan fingerprint density at radius 1 is 1.26 bits per heavy atom. The van der Waals surface area contributed by atoms with Gasteiger partial charge in [0.05, 0.1) is 0 Å². The van der Waals surface area contributed by atoms with Crippen molar-refractivity contribution in [1.29, 1.82) is 0 Å². The van der Waals surface area contributed by atoms with Crippen LogP contribution in [0.15, 0.2) is 18.2 Å². The monoisotopic (exact) mass is 262 g/mol. The van der Waals surface area contributed by atoms with Gasteiger partial charge in [-0.2, -0.15) is 0 Å². The maximum Gasteiger partial charge on any atom is 0.225 e. The summed E-state index contributed by atoms with van der Waals surface area (Å²) in [5, 5.41) is 3.00. The van der Waals surface area contributed by atoms with Gasteiger partial charge in [-0.1, -0.05) is 32.0 Å². The third-order valence-electron chi connectivity index (χ3n) is 3.65. The Bertz CT molecular complexity index is 438. The molecule has 1 aromatic rings. The summed E-state index contributed by atoms with van der Waals surface area (Å²) in [6.45, 7) is 9.31. The summed E-state index contributed by atoms with van der Waals surface area (Å²) in [4.78, 5) is 12.0. The fraction of sp³-hybridized carbons (Fsp3) is 0.562. The van der Waals surface area contributed by atoms with Gasteiger partial charge >= 0.3 is 0 Å². The van der Waals surface area contributed by atoms with Crippen molar-refractivity contribution in [3.63, 3.8) is 0 Å². The fourth-order valence-electron chi connectivity index (χ4n) is 1.99. The van der Waals surface area contributed by atoms with Crippen LogP contribution >= 0.6 is 0 Å². The lowest BCUT2D eigenvalue weighted by Crippen LogP contribution is -2.39. The minimum absolute atomic E-state index is 0.0850. The zero-order valence-corrected chi connectivity index (χ0v) is 12.5. The molecule has 106 valence electrons. The summed E-state index contributed by atoms with van der Waals surface area (Å²) in [5.74, 6) is 0.0850. The Balaban J connectivity index is 2.46. The number of hydrogen-bond acceptors (Lipinski definition) is 2. The molecular formula is C16H26N2O. The molecule has 0 atom stereocenters. The molecule has 3 nitrogen and oxygen atoms in total. The molecule has 0 aromatic heterocycles. The number of rotatable bonds is 6. The number of carbonyl (C=O) groups is 1. The average molecular weight is 262 g/mol. The lowest BCUT2D eigenvalue weighted by atomic mass is 9.88. The quantitative estimate of drug-likeness (QED) is 0.826. The van der Waals surface area contributed by atoms with Crippen LogP contribution in [0.4, 0.5) is 0 Å². The minimum atomic E-state index is -0.377. The van der Waals surface area contributed by atoms with E-state index < -0.39 is 0 Å². The standard InChI is InChI=1S/C16H26N2O/c1-12-5-6-14(11-13(12)2)7-10-18-15(19)16(3,4)8-9-17/h5-6,11H,7-10,17H2,1-4H3,(H,18,19). The number of hydrogen-bond donors (Lipinski definition) is 2. The Kier molecular flexibility index (Phi) is 5.55. The molecular weight excluding hydrogens is 236 g/mol. The molecule has 1 rings (SSSR count). The number of nitrogens with one attached hydrogen (secondary N) is 1. The van der Waals surface area contributed by atoms with Crippen molar-refractivity contribution in [1.82, 2.24) is 5.32 Å². The van der Waals surface area contributed by atoms with Gasteiger partial charge in [-0.05, 0) is 49.9 Å². The molecule has 1 aromatic carbocycles. The van der Waals surface area contributed by atoms with Gasteiger partial charge in [-0.15, -0.1) is 0 Å². The smallest absolute Gasteiger partial charge is 0.225 e. The van der Waals surface area contributed by atoms with Crippen LogP contribution < -0.4 is 11.1 Å². The van der Waals surface area contributed by atoms with Crippen LogP contribution in [0.1, 0.15) is 37.0 Å². The molecule has 0 aliphatic rings. The van der Waals surface area contributed by atoms with E-state index in [9.17, 15) is 4.79 Å². The van der Waals surface area contributed by atoms with Crippen molar-refractivity contribution in [2.75, 3.05) is 13.1 Å². The zero-order chi connectivity index (χ0) is 14.5. The first-order chi connectivity index (χ1) is 8.86. The maximum atomic E-state index is 12.0. The first-order valence-corrected chi connectivity index (χ1v) is 6.91. The molecule has 0 unspecified atom stereocenters. The third kappa shape index (κ3) is 4.67. The van der Waals surface area contributed by atoms with Crippen molar-refractivity contribution in [3.05, 3.63) is 34.9 Å². The van der Waals surface area contributed by atoms with Gasteiger partial charge in [0.1, 0.15) is 0 Å². The van der Waals surface area contributed by atoms with Gasteiger partial charge in [0, 0.05) is 12.0 Å². The number of nitrogens with two attached hydrogens (primary N) is 1. The van der Waals surface area contributed by atoms with Crippen LogP contribution in [-0.2, 0) is 11.2 Å². The zero-order valence-electron chi connectivity index (χ0n) is 12.5. The topological polar surface area (TPSA) is 55.1 Å². The Hall–Kier alpha value is -1.35. The lowest BCUT2D eigenvalue weighted by Gasteiger charge is -2.22. The SMILES string of the molecule is Cc1ccc(CCNC(=O)C(C)(C)CCN)cc1C. The highest BCUT2D eigenvalue weighted by Gasteiger charge is 2.25. The second-order valence-electron chi connectivity index (χ2n) is 5.85. The van der Waals surface area contributed by atoms with Crippen LogP contribution in [0.2, 0.25) is 0 Å². The number of benzene rings is 1. The summed E-state index contributed by atoms with van der Waals surface area (Å²) < 4.78 is 0. The number of amides is 1. The normalized spacial score (nSPS) is 11.4. The van der Waals surface area contributed by atoms with Crippen molar-refractivity contribution in [2.24, 2.45) is 11.1 Å². The van der Waals surface area contributed by atoms with Crippen LogP contribution in [-0.4, -0.2) is 19.0 Å². The van der Waals surface area contributed by atoms with Gasteiger partial charge in [-0.25, -0.2) is 0 Å². The highest BCUT2D eigenvalue weighted by Crippen LogP contribution is 2.19. The van der Waals surface area contributed by atoms with Crippen molar-refractivity contribution < 1.29 is 4.79 Å². The van der Waals surface area contributed by atoms with E-state index in [2.05, 4.69) is 37.4 Å². The van der Waals surface area contributed by atoms with Gasteiger partial charge in [-0.3, -0.25) is 4.79 Å². The largest absolute Gasteiger partial charge is 0.355 e. The highest BCUT2D eigenvalue weighted by molar-refractivity contribution is 5.81. The summed E-state index contributed by atoms with van der Waals surface area (Å²) in [5.41, 5.74) is 9.01. The predicted molar refractivity (Wildman–Crippen MR) is 80.1 cm³/mol. The molecule has 19 heavy (non-hydrogen) atoms. The second-order valence-corrected chi connectivity index (χ2v) is 5.85. The van der Waals surface area contributed by atoms with Crippen LogP contribution in [0.3, 0.4) is 0 Å². The molecule has 3 heteroatoms. The molecule has 1 amide bonds.